The van der Waals surface area contributed by atoms with Gasteiger partial charge in [-0.2, -0.15) is 0 Å². The number of hydrogen-bond acceptors (Lipinski definition) is 1. The fraction of sp³-hybridized carbons (Fsp3) is 1.00. The molecule has 1 rings (SSSR count). The van der Waals surface area contributed by atoms with Gasteiger partial charge in [-0.1, -0.05) is 0 Å². The number of rotatable bonds is 0. The summed E-state index contributed by atoms with van der Waals surface area (Å²) in [6, 6.07) is 0. The van der Waals surface area contributed by atoms with Crippen LogP contribution in [0.5, 0.6) is 0 Å². The Morgan fingerprint density at radius 3 is 1.40 bits per heavy atom. The standard InChI is InChI=1S/C2H2F2O/c3-1-2(4)5-1/h1-2H. The van der Waals surface area contributed by atoms with Gasteiger partial charge < -0.3 is 4.74 Å². The second-order valence-electron chi connectivity index (χ2n) is 0.838. The molecule has 0 N–H and O–H groups in total. The number of ether oxygens (including phenoxy) is 1. The molecule has 1 aliphatic heterocycles. The third kappa shape index (κ3) is 0.374. The lowest BCUT2D eigenvalue weighted by Crippen LogP contribution is -1.68. The lowest BCUT2D eigenvalue weighted by molar-refractivity contribution is 0.235. The van der Waals surface area contributed by atoms with Crippen LogP contribution in [0.3, 0.4) is 0 Å². The van der Waals surface area contributed by atoms with E-state index in [1.54, 1.807) is 0 Å². The van der Waals surface area contributed by atoms with Gasteiger partial charge in [0.05, 0.1) is 0 Å². The van der Waals surface area contributed by atoms with Crippen LogP contribution < -0.4 is 0 Å². The first-order chi connectivity index (χ1) is 2.30. The summed E-state index contributed by atoms with van der Waals surface area (Å²) >= 11 is 0. The minimum absolute atomic E-state index is 1.62. The fourth-order valence-electron chi connectivity index (χ4n) is 0.0788. The summed E-state index contributed by atoms with van der Waals surface area (Å²) in [6.45, 7) is 0. The Morgan fingerprint density at radius 1 is 1.20 bits per heavy atom. The summed E-state index contributed by atoms with van der Waals surface area (Å²) in [7, 11) is 0. The Balaban J connectivity index is 2.20. The molecule has 1 aliphatic rings. The lowest BCUT2D eigenvalue weighted by atomic mass is 10.9. The van der Waals surface area contributed by atoms with Crippen molar-refractivity contribution in [3.05, 3.63) is 0 Å². The zero-order valence-electron chi connectivity index (χ0n) is 2.32. The van der Waals surface area contributed by atoms with E-state index in [4.69, 9.17) is 0 Å². The molecule has 5 heavy (non-hydrogen) atoms. The predicted octanol–water partition coefficient (Wildman–Crippen LogP) is 0.608. The fourth-order valence-corrected chi connectivity index (χ4v) is 0.0788. The average Bonchev–Trinajstić information content (AvgIpc) is 1.79. The molecule has 0 saturated carbocycles. The Bertz CT molecular complexity index is 40.9. The zero-order chi connectivity index (χ0) is 3.86. The van der Waals surface area contributed by atoms with Gasteiger partial charge in [-0.3, -0.25) is 0 Å². The first-order valence-corrected chi connectivity index (χ1v) is 1.24. The average molecular weight is 80.0 g/mol. The van der Waals surface area contributed by atoms with Crippen molar-refractivity contribution in [2.75, 3.05) is 0 Å². The summed E-state index contributed by atoms with van der Waals surface area (Å²) in [5.74, 6) is 0. The van der Waals surface area contributed by atoms with E-state index >= 15 is 0 Å². The Labute approximate surface area is 27.5 Å². The van der Waals surface area contributed by atoms with Gasteiger partial charge in [0.1, 0.15) is 0 Å². The topological polar surface area (TPSA) is 12.5 Å². The molecule has 1 saturated heterocycles. The molecule has 0 aromatic heterocycles. The van der Waals surface area contributed by atoms with Crippen LogP contribution in [0.1, 0.15) is 0 Å². The first-order valence-electron chi connectivity index (χ1n) is 1.24. The van der Waals surface area contributed by atoms with Gasteiger partial charge in [-0.15, -0.1) is 0 Å². The number of epoxide rings is 1. The van der Waals surface area contributed by atoms with Crippen LogP contribution in [-0.2, 0) is 4.74 Å². The van der Waals surface area contributed by atoms with Crippen molar-refractivity contribution in [2.45, 2.75) is 12.7 Å². The van der Waals surface area contributed by atoms with Crippen molar-refractivity contribution >= 4 is 0 Å². The highest BCUT2D eigenvalue weighted by Gasteiger charge is 2.39. The van der Waals surface area contributed by atoms with Gasteiger partial charge >= 0.3 is 0 Å². The predicted molar refractivity (Wildman–Crippen MR) is 10.9 cm³/mol. The van der Waals surface area contributed by atoms with Gasteiger partial charge in [-0.05, 0) is 0 Å². The Kier molecular flexibility index (Phi) is 0.395. The van der Waals surface area contributed by atoms with Gasteiger partial charge in [0.25, 0.3) is 12.7 Å². The van der Waals surface area contributed by atoms with Crippen molar-refractivity contribution in [1.82, 2.24) is 0 Å². The third-order valence-corrected chi connectivity index (χ3v) is 0.389. The summed E-state index contributed by atoms with van der Waals surface area (Å²) in [6.07, 6.45) is -3.23. The smallest absolute Gasteiger partial charge is 0.258 e. The summed E-state index contributed by atoms with van der Waals surface area (Å²) in [5, 5.41) is 0. The maximum atomic E-state index is 10.9. The molecular weight excluding hydrogens is 78.0 g/mol. The molecule has 2 atom stereocenters. The van der Waals surface area contributed by atoms with E-state index in [0.29, 0.717) is 0 Å². The monoisotopic (exact) mass is 80.0 g/mol. The van der Waals surface area contributed by atoms with Crippen LogP contribution in [0.2, 0.25) is 0 Å². The SMILES string of the molecule is FC1OC1F. The molecule has 3 heteroatoms. The minimum Gasteiger partial charge on any atom is -0.304 e. The van der Waals surface area contributed by atoms with Crippen LogP contribution in [-0.4, -0.2) is 12.7 Å². The second-order valence-corrected chi connectivity index (χ2v) is 0.838. The summed E-state index contributed by atoms with van der Waals surface area (Å²) in [5.41, 5.74) is 0. The highest BCUT2D eigenvalue weighted by molar-refractivity contribution is 4.59. The minimum atomic E-state index is -1.62. The van der Waals surface area contributed by atoms with E-state index < -0.39 is 12.7 Å². The molecule has 0 aromatic rings. The molecule has 1 fully saturated rings. The molecule has 2 unspecified atom stereocenters. The molecule has 0 spiro atoms. The number of alkyl halides is 2. The molecule has 0 amide bonds. The van der Waals surface area contributed by atoms with E-state index in [0.717, 1.165) is 0 Å². The van der Waals surface area contributed by atoms with Crippen molar-refractivity contribution in [1.29, 1.82) is 0 Å². The largest absolute Gasteiger partial charge is 0.304 e. The second kappa shape index (κ2) is 0.653. The van der Waals surface area contributed by atoms with Gasteiger partial charge in [0.15, 0.2) is 0 Å². The highest BCUT2D eigenvalue weighted by Crippen LogP contribution is 2.22. The van der Waals surface area contributed by atoms with Crippen LogP contribution in [0.25, 0.3) is 0 Å². The van der Waals surface area contributed by atoms with Gasteiger partial charge in [-0.25, -0.2) is 8.78 Å². The summed E-state index contributed by atoms with van der Waals surface area (Å²) < 4.78 is 25.4. The molecule has 0 radical (unpaired) electrons. The molecule has 0 aromatic carbocycles. The molecule has 30 valence electrons. The van der Waals surface area contributed by atoms with E-state index in [2.05, 4.69) is 4.74 Å². The quantitative estimate of drug-likeness (QED) is 0.388. The maximum Gasteiger partial charge on any atom is 0.258 e. The van der Waals surface area contributed by atoms with Crippen molar-refractivity contribution in [3.8, 4) is 0 Å². The van der Waals surface area contributed by atoms with Crippen LogP contribution >= 0.6 is 0 Å². The third-order valence-electron chi connectivity index (χ3n) is 0.389. The van der Waals surface area contributed by atoms with Crippen molar-refractivity contribution in [2.24, 2.45) is 0 Å². The molecule has 1 heterocycles. The molecule has 1 nitrogen and oxygen atoms in total. The van der Waals surface area contributed by atoms with Crippen molar-refractivity contribution in [3.63, 3.8) is 0 Å². The Morgan fingerprint density at radius 2 is 1.40 bits per heavy atom. The molecule has 0 bridgehead atoms. The van der Waals surface area contributed by atoms with E-state index in [9.17, 15) is 8.78 Å². The van der Waals surface area contributed by atoms with Crippen LogP contribution in [0.15, 0.2) is 0 Å². The zero-order valence-corrected chi connectivity index (χ0v) is 2.32. The van der Waals surface area contributed by atoms with Crippen LogP contribution in [0.4, 0.5) is 8.78 Å². The van der Waals surface area contributed by atoms with E-state index in [1.165, 1.54) is 0 Å². The maximum absolute atomic E-state index is 10.9. The van der Waals surface area contributed by atoms with Gasteiger partial charge in [0.2, 0.25) is 0 Å². The molecule has 0 aliphatic carbocycles. The first kappa shape index (κ1) is 3.03. The summed E-state index contributed by atoms with van der Waals surface area (Å²) in [4.78, 5) is 0. The Hall–Kier alpha value is -0.180. The van der Waals surface area contributed by atoms with E-state index in [-0.39, 0.29) is 0 Å². The van der Waals surface area contributed by atoms with E-state index in [1.807, 2.05) is 0 Å². The number of halogens is 2. The number of hydrogen-bond donors (Lipinski definition) is 0. The normalized spacial score (nSPS) is 49.2. The molecular formula is C2H2F2O. The van der Waals surface area contributed by atoms with Crippen molar-refractivity contribution < 1.29 is 13.5 Å². The van der Waals surface area contributed by atoms with Gasteiger partial charge in [0, 0.05) is 0 Å². The lowest BCUT2D eigenvalue weighted by Gasteiger charge is -1.51. The van der Waals surface area contributed by atoms with Crippen LogP contribution in [0, 0.1) is 0 Å². The highest BCUT2D eigenvalue weighted by atomic mass is 19.2.